The third kappa shape index (κ3) is 4.13. The van der Waals surface area contributed by atoms with Crippen molar-refractivity contribution < 1.29 is 9.53 Å². The zero-order valence-corrected chi connectivity index (χ0v) is 10.7. The predicted octanol–water partition coefficient (Wildman–Crippen LogP) is 1.89. The molecule has 0 aromatic carbocycles. The normalized spacial score (nSPS) is 26.4. The van der Waals surface area contributed by atoms with E-state index in [-0.39, 0.29) is 18.1 Å². The second-order valence-corrected chi connectivity index (χ2v) is 4.78. The van der Waals surface area contributed by atoms with E-state index in [1.165, 1.54) is 6.42 Å². The van der Waals surface area contributed by atoms with Gasteiger partial charge in [-0.05, 0) is 37.0 Å². The Labute approximate surface area is 99.1 Å². The number of ether oxygens (including phenoxy) is 1. The number of carbonyl (C=O) groups excluding carboxylic acids is 1. The SMILES string of the molecule is CC1CCC(C(=O)NCCCCI)O1. The van der Waals surface area contributed by atoms with Crippen LogP contribution in [0.1, 0.15) is 32.6 Å². The largest absolute Gasteiger partial charge is 0.365 e. The van der Waals surface area contributed by atoms with E-state index in [0.717, 1.165) is 30.2 Å². The van der Waals surface area contributed by atoms with Crippen molar-refractivity contribution in [2.75, 3.05) is 11.0 Å². The maximum atomic E-state index is 11.5. The zero-order chi connectivity index (χ0) is 10.4. The number of nitrogens with one attached hydrogen (secondary N) is 1. The molecule has 1 saturated heterocycles. The molecule has 1 aliphatic heterocycles. The molecule has 1 amide bonds. The Morgan fingerprint density at radius 1 is 1.50 bits per heavy atom. The highest BCUT2D eigenvalue weighted by Crippen LogP contribution is 2.18. The molecule has 1 heterocycles. The second-order valence-electron chi connectivity index (χ2n) is 3.70. The molecule has 1 fully saturated rings. The van der Waals surface area contributed by atoms with Crippen LogP contribution in [0.4, 0.5) is 0 Å². The van der Waals surface area contributed by atoms with Crippen LogP contribution in [0.25, 0.3) is 0 Å². The van der Waals surface area contributed by atoms with Crippen LogP contribution in [0.15, 0.2) is 0 Å². The van der Waals surface area contributed by atoms with Crippen molar-refractivity contribution in [3.63, 3.8) is 0 Å². The molecule has 3 nitrogen and oxygen atoms in total. The average Bonchev–Trinajstić information content (AvgIpc) is 2.59. The van der Waals surface area contributed by atoms with E-state index >= 15 is 0 Å². The van der Waals surface area contributed by atoms with E-state index in [1.54, 1.807) is 0 Å². The van der Waals surface area contributed by atoms with E-state index in [9.17, 15) is 4.79 Å². The van der Waals surface area contributed by atoms with Gasteiger partial charge in [0.25, 0.3) is 0 Å². The molecule has 0 aromatic heterocycles. The first kappa shape index (κ1) is 12.2. The third-order valence-electron chi connectivity index (χ3n) is 2.38. The minimum absolute atomic E-state index is 0.0720. The minimum Gasteiger partial charge on any atom is -0.365 e. The standard InChI is InChI=1S/C10H18INO2/c1-8-4-5-9(14-8)10(13)12-7-3-2-6-11/h8-9H,2-7H2,1H3,(H,12,13). The Morgan fingerprint density at radius 3 is 2.86 bits per heavy atom. The van der Waals surface area contributed by atoms with Gasteiger partial charge < -0.3 is 10.1 Å². The first-order chi connectivity index (χ1) is 6.74. The summed E-state index contributed by atoms with van der Waals surface area (Å²) in [7, 11) is 0. The monoisotopic (exact) mass is 311 g/mol. The van der Waals surface area contributed by atoms with Crippen LogP contribution < -0.4 is 5.32 Å². The Morgan fingerprint density at radius 2 is 2.29 bits per heavy atom. The minimum atomic E-state index is -0.190. The van der Waals surface area contributed by atoms with Gasteiger partial charge in [-0.1, -0.05) is 22.6 Å². The van der Waals surface area contributed by atoms with E-state index in [2.05, 4.69) is 27.9 Å². The molecule has 1 N–H and O–H groups in total. The topological polar surface area (TPSA) is 38.3 Å². The van der Waals surface area contributed by atoms with Gasteiger partial charge in [0.15, 0.2) is 0 Å². The van der Waals surface area contributed by atoms with E-state index in [1.807, 2.05) is 6.92 Å². The summed E-state index contributed by atoms with van der Waals surface area (Å²) in [5.74, 6) is 0.0720. The second kappa shape index (κ2) is 6.61. The smallest absolute Gasteiger partial charge is 0.249 e. The maximum absolute atomic E-state index is 11.5. The lowest BCUT2D eigenvalue weighted by Gasteiger charge is -2.11. The van der Waals surface area contributed by atoms with Gasteiger partial charge in [0.05, 0.1) is 6.10 Å². The molecule has 0 spiro atoms. The first-order valence-electron chi connectivity index (χ1n) is 5.23. The van der Waals surface area contributed by atoms with Crippen molar-refractivity contribution in [2.45, 2.75) is 44.8 Å². The van der Waals surface area contributed by atoms with Gasteiger partial charge in [-0.3, -0.25) is 4.79 Å². The molecule has 4 heteroatoms. The molecule has 14 heavy (non-hydrogen) atoms. The predicted molar refractivity (Wildman–Crippen MR) is 64.7 cm³/mol. The van der Waals surface area contributed by atoms with Gasteiger partial charge in [0, 0.05) is 6.54 Å². The quantitative estimate of drug-likeness (QED) is 0.478. The number of unbranched alkanes of at least 4 members (excludes halogenated alkanes) is 1. The highest BCUT2D eigenvalue weighted by molar-refractivity contribution is 14.1. The Hall–Kier alpha value is 0.160. The molecule has 1 rings (SSSR count). The molecule has 2 unspecified atom stereocenters. The van der Waals surface area contributed by atoms with Crippen molar-refractivity contribution in [3.05, 3.63) is 0 Å². The van der Waals surface area contributed by atoms with Crippen LogP contribution in [0.5, 0.6) is 0 Å². The molecule has 0 aliphatic carbocycles. The van der Waals surface area contributed by atoms with E-state index < -0.39 is 0 Å². The lowest BCUT2D eigenvalue weighted by Crippen LogP contribution is -2.35. The first-order valence-corrected chi connectivity index (χ1v) is 6.75. The summed E-state index contributed by atoms with van der Waals surface area (Å²) in [4.78, 5) is 11.5. The van der Waals surface area contributed by atoms with Gasteiger partial charge in [-0.25, -0.2) is 0 Å². The van der Waals surface area contributed by atoms with Crippen LogP contribution in [0.2, 0.25) is 0 Å². The summed E-state index contributed by atoms with van der Waals surface area (Å²) >= 11 is 2.35. The van der Waals surface area contributed by atoms with Gasteiger partial charge in [0.2, 0.25) is 5.91 Å². The lowest BCUT2D eigenvalue weighted by atomic mass is 10.2. The molecule has 0 bridgehead atoms. The third-order valence-corrected chi connectivity index (χ3v) is 3.15. The zero-order valence-electron chi connectivity index (χ0n) is 8.59. The van der Waals surface area contributed by atoms with E-state index in [0.29, 0.717) is 0 Å². The van der Waals surface area contributed by atoms with Gasteiger partial charge in [-0.15, -0.1) is 0 Å². The average molecular weight is 311 g/mol. The van der Waals surface area contributed by atoms with Crippen LogP contribution in [0.3, 0.4) is 0 Å². The summed E-state index contributed by atoms with van der Waals surface area (Å²) in [6, 6.07) is 0. The Balaban J connectivity index is 2.09. The molecular formula is C10H18INO2. The van der Waals surface area contributed by atoms with Crippen LogP contribution in [-0.4, -0.2) is 29.1 Å². The Bertz CT molecular complexity index is 187. The lowest BCUT2D eigenvalue weighted by molar-refractivity contribution is -0.131. The maximum Gasteiger partial charge on any atom is 0.249 e. The highest BCUT2D eigenvalue weighted by atomic mass is 127. The van der Waals surface area contributed by atoms with Crippen molar-refractivity contribution in [3.8, 4) is 0 Å². The molecule has 0 radical (unpaired) electrons. The van der Waals surface area contributed by atoms with Crippen molar-refractivity contribution in [1.82, 2.24) is 5.32 Å². The number of hydrogen-bond donors (Lipinski definition) is 1. The summed E-state index contributed by atoms with van der Waals surface area (Å²) < 4.78 is 6.62. The number of carbonyl (C=O) groups is 1. The number of rotatable bonds is 5. The number of alkyl halides is 1. The molecule has 82 valence electrons. The van der Waals surface area contributed by atoms with Gasteiger partial charge in [-0.2, -0.15) is 0 Å². The van der Waals surface area contributed by atoms with Crippen molar-refractivity contribution in [2.24, 2.45) is 0 Å². The summed E-state index contributed by atoms with van der Waals surface area (Å²) in [6.45, 7) is 2.80. The number of amides is 1. The highest BCUT2D eigenvalue weighted by Gasteiger charge is 2.27. The summed E-state index contributed by atoms with van der Waals surface area (Å²) in [5.41, 5.74) is 0. The fourth-order valence-electron chi connectivity index (χ4n) is 1.54. The van der Waals surface area contributed by atoms with E-state index in [4.69, 9.17) is 4.74 Å². The molecule has 0 aromatic rings. The molecule has 0 saturated carbocycles. The summed E-state index contributed by atoms with van der Waals surface area (Å²) in [6.07, 6.45) is 4.18. The van der Waals surface area contributed by atoms with Crippen LogP contribution in [-0.2, 0) is 9.53 Å². The van der Waals surface area contributed by atoms with Crippen molar-refractivity contribution in [1.29, 1.82) is 0 Å². The fraction of sp³-hybridized carbons (Fsp3) is 0.900. The molecule has 2 atom stereocenters. The van der Waals surface area contributed by atoms with Gasteiger partial charge in [0.1, 0.15) is 6.10 Å². The molecule has 1 aliphatic rings. The fourth-order valence-corrected chi connectivity index (χ4v) is 2.08. The Kier molecular flexibility index (Phi) is 5.77. The summed E-state index contributed by atoms with van der Waals surface area (Å²) in [5, 5.41) is 2.91. The van der Waals surface area contributed by atoms with Gasteiger partial charge >= 0.3 is 0 Å². The van der Waals surface area contributed by atoms with Crippen LogP contribution in [0, 0.1) is 0 Å². The molecular weight excluding hydrogens is 293 g/mol. The van der Waals surface area contributed by atoms with Crippen molar-refractivity contribution >= 4 is 28.5 Å². The number of hydrogen-bond acceptors (Lipinski definition) is 2. The van der Waals surface area contributed by atoms with Crippen LogP contribution >= 0.6 is 22.6 Å². The number of halogens is 1.